The van der Waals surface area contributed by atoms with Gasteiger partial charge in [-0.1, -0.05) is 0 Å². The largest absolute Gasteiger partial charge is 0.482 e. The second-order valence-electron chi connectivity index (χ2n) is 6.26. The number of esters is 1. The van der Waals surface area contributed by atoms with Gasteiger partial charge in [0.05, 0.1) is 12.6 Å². The van der Waals surface area contributed by atoms with Gasteiger partial charge < -0.3 is 14.6 Å². The lowest BCUT2D eigenvalue weighted by Gasteiger charge is -2.20. The monoisotopic (exact) mass is 337 g/mol. The van der Waals surface area contributed by atoms with Crippen molar-refractivity contribution in [1.29, 1.82) is 0 Å². The van der Waals surface area contributed by atoms with Gasteiger partial charge in [-0.2, -0.15) is 0 Å². The molecule has 1 aromatic rings. The molecule has 0 unspecified atom stereocenters. The first-order valence-electron chi connectivity index (χ1n) is 7.52. The van der Waals surface area contributed by atoms with Gasteiger partial charge >= 0.3 is 11.9 Å². The fourth-order valence-electron chi connectivity index (χ4n) is 1.82. The molecule has 0 aliphatic rings. The molecular formula is C17H23NO6. The fourth-order valence-corrected chi connectivity index (χ4v) is 1.82. The molecule has 7 nitrogen and oxygen atoms in total. The molecule has 0 saturated carbocycles. The normalized spacial score (nSPS) is 12.3. The van der Waals surface area contributed by atoms with Crippen molar-refractivity contribution >= 4 is 17.7 Å². The molecule has 0 fully saturated rings. The molecule has 132 valence electrons. The third-order valence-corrected chi connectivity index (χ3v) is 2.87. The number of aliphatic carboxylic acids is 1. The number of rotatable bonds is 8. The summed E-state index contributed by atoms with van der Waals surface area (Å²) in [7, 11) is 0. The molecule has 0 aliphatic heterocycles. The number of hydrogen-bond donors (Lipinski definition) is 2. The maximum absolute atomic E-state index is 12.3. The van der Waals surface area contributed by atoms with Crippen molar-refractivity contribution in [3.63, 3.8) is 0 Å². The van der Waals surface area contributed by atoms with Gasteiger partial charge in [0.15, 0.2) is 12.4 Å². The summed E-state index contributed by atoms with van der Waals surface area (Å²) in [6, 6.07) is 5.58. The van der Waals surface area contributed by atoms with E-state index in [4.69, 9.17) is 14.6 Å². The number of carboxylic acid groups (broad SMARTS) is 1. The molecule has 0 heterocycles. The van der Waals surface area contributed by atoms with Gasteiger partial charge in [-0.25, -0.2) is 4.79 Å². The average molecular weight is 337 g/mol. The second kappa shape index (κ2) is 8.44. The SMILES string of the molecule is C[C@H](NCC(=O)OC(C)(C)C)C(=O)c1ccc(OCC(=O)O)cc1. The van der Waals surface area contributed by atoms with Crippen molar-refractivity contribution in [3.05, 3.63) is 29.8 Å². The molecule has 0 saturated heterocycles. The summed E-state index contributed by atoms with van der Waals surface area (Å²) in [4.78, 5) is 34.3. The molecular weight excluding hydrogens is 314 g/mol. The molecule has 24 heavy (non-hydrogen) atoms. The van der Waals surface area contributed by atoms with E-state index in [1.807, 2.05) is 0 Å². The summed E-state index contributed by atoms with van der Waals surface area (Å²) in [5, 5.41) is 11.4. The average Bonchev–Trinajstić information content (AvgIpc) is 2.48. The third kappa shape index (κ3) is 7.23. The Morgan fingerprint density at radius 2 is 1.75 bits per heavy atom. The van der Waals surface area contributed by atoms with Crippen LogP contribution in [0.3, 0.4) is 0 Å². The number of carbonyl (C=O) groups is 3. The molecule has 7 heteroatoms. The Kier molecular flexibility index (Phi) is 6.91. The van der Waals surface area contributed by atoms with Crippen molar-refractivity contribution in [2.75, 3.05) is 13.2 Å². The predicted octanol–water partition coefficient (Wildman–Crippen LogP) is 1.65. The Morgan fingerprint density at radius 1 is 1.17 bits per heavy atom. The van der Waals surface area contributed by atoms with Crippen LogP contribution in [-0.4, -0.2) is 47.6 Å². The Morgan fingerprint density at radius 3 is 2.25 bits per heavy atom. The summed E-state index contributed by atoms with van der Waals surface area (Å²) >= 11 is 0. The van der Waals surface area contributed by atoms with E-state index in [1.165, 1.54) is 12.1 Å². The summed E-state index contributed by atoms with van der Waals surface area (Å²) in [6.45, 7) is 6.46. The molecule has 0 bridgehead atoms. The van der Waals surface area contributed by atoms with Crippen LogP contribution < -0.4 is 10.1 Å². The van der Waals surface area contributed by atoms with Crippen LogP contribution >= 0.6 is 0 Å². The zero-order valence-electron chi connectivity index (χ0n) is 14.3. The van der Waals surface area contributed by atoms with E-state index < -0.39 is 30.2 Å². The number of benzene rings is 1. The van der Waals surface area contributed by atoms with E-state index >= 15 is 0 Å². The van der Waals surface area contributed by atoms with Crippen LogP contribution in [0, 0.1) is 0 Å². The third-order valence-electron chi connectivity index (χ3n) is 2.87. The van der Waals surface area contributed by atoms with Gasteiger partial charge in [0.2, 0.25) is 0 Å². The summed E-state index contributed by atoms with van der Waals surface area (Å²) in [5.74, 6) is -1.33. The minimum atomic E-state index is -1.07. The lowest BCUT2D eigenvalue weighted by atomic mass is 10.1. The number of Topliss-reactive ketones (excluding diaryl/α,β-unsaturated/α-hetero) is 1. The van der Waals surface area contributed by atoms with Crippen molar-refractivity contribution in [2.45, 2.75) is 39.3 Å². The van der Waals surface area contributed by atoms with Crippen LogP contribution in [0.5, 0.6) is 5.75 Å². The van der Waals surface area contributed by atoms with Gasteiger partial charge in [0.25, 0.3) is 0 Å². The Bertz CT molecular complexity index is 588. The first kappa shape index (κ1) is 19.6. The maximum Gasteiger partial charge on any atom is 0.341 e. The second-order valence-corrected chi connectivity index (χ2v) is 6.26. The van der Waals surface area contributed by atoms with Gasteiger partial charge in [0.1, 0.15) is 11.4 Å². The number of carboxylic acids is 1. The van der Waals surface area contributed by atoms with E-state index in [-0.39, 0.29) is 12.3 Å². The zero-order valence-corrected chi connectivity index (χ0v) is 14.3. The number of hydrogen-bond acceptors (Lipinski definition) is 6. The first-order chi connectivity index (χ1) is 11.1. The summed E-state index contributed by atoms with van der Waals surface area (Å²) in [6.07, 6.45) is 0. The maximum atomic E-state index is 12.3. The molecule has 1 atom stereocenters. The Balaban J connectivity index is 2.53. The first-order valence-corrected chi connectivity index (χ1v) is 7.52. The number of ether oxygens (including phenoxy) is 2. The van der Waals surface area contributed by atoms with E-state index in [2.05, 4.69) is 5.32 Å². The molecule has 0 aliphatic carbocycles. The van der Waals surface area contributed by atoms with Crippen LogP contribution in [0.2, 0.25) is 0 Å². The number of carbonyl (C=O) groups excluding carboxylic acids is 2. The number of nitrogens with one attached hydrogen (secondary N) is 1. The highest BCUT2D eigenvalue weighted by Gasteiger charge is 2.19. The van der Waals surface area contributed by atoms with Crippen LogP contribution in [0.1, 0.15) is 38.1 Å². The highest BCUT2D eigenvalue weighted by molar-refractivity contribution is 6.00. The Labute approximate surface area is 141 Å². The fraction of sp³-hybridized carbons (Fsp3) is 0.471. The molecule has 0 radical (unpaired) electrons. The molecule has 0 aromatic heterocycles. The molecule has 1 aromatic carbocycles. The van der Waals surface area contributed by atoms with E-state index in [0.29, 0.717) is 11.3 Å². The van der Waals surface area contributed by atoms with Gasteiger partial charge in [0, 0.05) is 5.56 Å². The van der Waals surface area contributed by atoms with Crippen molar-refractivity contribution in [1.82, 2.24) is 5.32 Å². The lowest BCUT2D eigenvalue weighted by molar-refractivity contribution is -0.153. The highest BCUT2D eigenvalue weighted by atomic mass is 16.6. The minimum absolute atomic E-state index is 0.0655. The molecule has 0 spiro atoms. The molecule has 1 rings (SSSR count). The van der Waals surface area contributed by atoms with Gasteiger partial charge in [-0.05, 0) is 52.0 Å². The zero-order chi connectivity index (χ0) is 18.3. The van der Waals surface area contributed by atoms with Crippen molar-refractivity contribution < 1.29 is 29.0 Å². The summed E-state index contributed by atoms with van der Waals surface area (Å²) < 4.78 is 10.2. The van der Waals surface area contributed by atoms with Crippen molar-refractivity contribution in [2.24, 2.45) is 0 Å². The van der Waals surface area contributed by atoms with Gasteiger partial charge in [-0.15, -0.1) is 0 Å². The van der Waals surface area contributed by atoms with Crippen LogP contribution in [-0.2, 0) is 14.3 Å². The summed E-state index contributed by atoms with van der Waals surface area (Å²) in [5.41, 5.74) is -0.139. The topological polar surface area (TPSA) is 102 Å². The quantitative estimate of drug-likeness (QED) is 0.549. The van der Waals surface area contributed by atoms with E-state index in [9.17, 15) is 14.4 Å². The number of ketones is 1. The lowest BCUT2D eigenvalue weighted by Crippen LogP contribution is -2.39. The van der Waals surface area contributed by atoms with Crippen LogP contribution in [0.15, 0.2) is 24.3 Å². The smallest absolute Gasteiger partial charge is 0.341 e. The highest BCUT2D eigenvalue weighted by Crippen LogP contribution is 2.13. The van der Waals surface area contributed by atoms with Crippen LogP contribution in [0.25, 0.3) is 0 Å². The molecule has 2 N–H and O–H groups in total. The predicted molar refractivity (Wildman–Crippen MR) is 87.2 cm³/mol. The van der Waals surface area contributed by atoms with Crippen LogP contribution in [0.4, 0.5) is 0 Å². The van der Waals surface area contributed by atoms with E-state index in [0.717, 1.165) is 0 Å². The standard InChI is InChI=1S/C17H23NO6/c1-11(18-9-15(21)24-17(2,3)4)16(22)12-5-7-13(8-6-12)23-10-14(19)20/h5-8,11,18H,9-10H2,1-4H3,(H,19,20)/t11-/m0/s1. The van der Waals surface area contributed by atoms with E-state index in [1.54, 1.807) is 39.8 Å². The van der Waals surface area contributed by atoms with Crippen molar-refractivity contribution in [3.8, 4) is 5.75 Å². The van der Waals surface area contributed by atoms with Gasteiger partial charge in [-0.3, -0.25) is 14.9 Å². The Hall–Kier alpha value is -2.41. The minimum Gasteiger partial charge on any atom is -0.482 e. The molecule has 0 amide bonds.